The van der Waals surface area contributed by atoms with Gasteiger partial charge in [0.15, 0.2) is 0 Å². The molecule has 1 aliphatic heterocycles. The van der Waals surface area contributed by atoms with Gasteiger partial charge >= 0.3 is 11.8 Å². The molecule has 1 atom stereocenters. The van der Waals surface area contributed by atoms with E-state index in [9.17, 15) is 18.8 Å². The third kappa shape index (κ3) is 4.20. The number of piperazine rings is 1. The molecule has 0 aliphatic carbocycles. The highest BCUT2D eigenvalue weighted by Gasteiger charge is 2.39. The Balaban J connectivity index is 2.09. The predicted molar refractivity (Wildman–Crippen MR) is 95.5 cm³/mol. The summed E-state index contributed by atoms with van der Waals surface area (Å²) in [5.41, 5.74) is 0.757. The summed E-state index contributed by atoms with van der Waals surface area (Å²) >= 11 is 0. The molecule has 1 fully saturated rings. The van der Waals surface area contributed by atoms with Crippen molar-refractivity contribution in [3.8, 4) is 0 Å². The fourth-order valence-electron chi connectivity index (χ4n) is 3.22. The summed E-state index contributed by atoms with van der Waals surface area (Å²) < 4.78 is 13.0. The van der Waals surface area contributed by atoms with Gasteiger partial charge in [-0.2, -0.15) is 0 Å². The first-order valence-electron chi connectivity index (χ1n) is 9.05. The van der Waals surface area contributed by atoms with Gasteiger partial charge in [0.1, 0.15) is 11.9 Å². The van der Waals surface area contributed by atoms with E-state index in [2.05, 4.69) is 0 Å². The fraction of sp³-hybridized carbons (Fsp3) is 0.526. The number of rotatable bonds is 7. The first-order chi connectivity index (χ1) is 12.4. The standard InChI is InChI=1S/C19H26FN3O3/c1-4-16(17(24)21(5-2)6-3)23-12-11-22(18(25)19(23)26)13-14-7-9-15(20)10-8-14/h7-10,16H,4-6,11-13H2,1-3H3. The topological polar surface area (TPSA) is 60.9 Å². The van der Waals surface area contributed by atoms with Crippen molar-refractivity contribution in [3.05, 3.63) is 35.6 Å². The van der Waals surface area contributed by atoms with E-state index in [-0.39, 0.29) is 18.3 Å². The van der Waals surface area contributed by atoms with Crippen molar-refractivity contribution in [1.82, 2.24) is 14.7 Å². The van der Waals surface area contributed by atoms with E-state index in [1.165, 1.54) is 21.9 Å². The van der Waals surface area contributed by atoms with Gasteiger partial charge in [0, 0.05) is 32.7 Å². The maximum absolute atomic E-state index is 13.0. The number of hydrogen-bond donors (Lipinski definition) is 0. The van der Waals surface area contributed by atoms with Crippen LogP contribution < -0.4 is 0 Å². The average Bonchev–Trinajstić information content (AvgIpc) is 2.64. The van der Waals surface area contributed by atoms with Crippen LogP contribution >= 0.6 is 0 Å². The van der Waals surface area contributed by atoms with Gasteiger partial charge < -0.3 is 14.7 Å². The summed E-state index contributed by atoms with van der Waals surface area (Å²) in [6, 6.07) is 5.23. The van der Waals surface area contributed by atoms with Crippen LogP contribution in [0.5, 0.6) is 0 Å². The van der Waals surface area contributed by atoms with Crippen LogP contribution in [0.2, 0.25) is 0 Å². The zero-order chi connectivity index (χ0) is 19.3. The Morgan fingerprint density at radius 1 is 1.08 bits per heavy atom. The summed E-state index contributed by atoms with van der Waals surface area (Å²) in [5, 5.41) is 0. The number of nitrogens with zero attached hydrogens (tertiary/aromatic N) is 3. The van der Waals surface area contributed by atoms with Crippen LogP contribution in [0.3, 0.4) is 0 Å². The van der Waals surface area contributed by atoms with Crippen LogP contribution in [-0.4, -0.2) is 64.6 Å². The van der Waals surface area contributed by atoms with Crippen LogP contribution in [0.1, 0.15) is 32.8 Å². The zero-order valence-corrected chi connectivity index (χ0v) is 15.6. The number of amides is 3. The summed E-state index contributed by atoms with van der Waals surface area (Å²) in [7, 11) is 0. The van der Waals surface area contributed by atoms with E-state index in [0.29, 0.717) is 32.6 Å². The van der Waals surface area contributed by atoms with Gasteiger partial charge in [-0.25, -0.2) is 4.39 Å². The molecule has 7 heteroatoms. The lowest BCUT2D eigenvalue weighted by Crippen LogP contribution is -2.60. The Bertz CT molecular complexity index is 658. The second kappa shape index (κ2) is 8.78. The molecule has 1 aromatic carbocycles. The third-order valence-electron chi connectivity index (χ3n) is 4.75. The van der Waals surface area contributed by atoms with Gasteiger partial charge in [0.2, 0.25) is 5.91 Å². The van der Waals surface area contributed by atoms with Gasteiger partial charge in [0.05, 0.1) is 0 Å². The zero-order valence-electron chi connectivity index (χ0n) is 15.6. The monoisotopic (exact) mass is 363 g/mol. The van der Waals surface area contributed by atoms with Crippen LogP contribution in [0.25, 0.3) is 0 Å². The molecule has 1 heterocycles. The molecule has 3 amide bonds. The lowest BCUT2D eigenvalue weighted by molar-refractivity contribution is -0.161. The minimum absolute atomic E-state index is 0.120. The van der Waals surface area contributed by atoms with Gasteiger partial charge in [-0.1, -0.05) is 19.1 Å². The largest absolute Gasteiger partial charge is 0.341 e. The number of carbonyl (C=O) groups is 3. The van der Waals surface area contributed by atoms with Gasteiger partial charge in [0.25, 0.3) is 0 Å². The average molecular weight is 363 g/mol. The number of carbonyl (C=O) groups excluding carboxylic acids is 3. The maximum Gasteiger partial charge on any atom is 0.312 e. The van der Waals surface area contributed by atoms with Crippen molar-refractivity contribution < 1.29 is 18.8 Å². The highest BCUT2D eigenvalue weighted by molar-refractivity contribution is 6.35. The predicted octanol–water partition coefficient (Wildman–Crippen LogP) is 1.64. The van der Waals surface area contributed by atoms with Crippen LogP contribution in [0, 0.1) is 5.82 Å². The van der Waals surface area contributed by atoms with E-state index in [1.54, 1.807) is 17.0 Å². The van der Waals surface area contributed by atoms with E-state index < -0.39 is 17.9 Å². The molecular weight excluding hydrogens is 337 g/mol. The molecule has 2 rings (SSSR count). The lowest BCUT2D eigenvalue weighted by Gasteiger charge is -2.39. The van der Waals surface area contributed by atoms with Crippen molar-refractivity contribution in [1.29, 1.82) is 0 Å². The summed E-state index contributed by atoms with van der Waals surface area (Å²) in [4.78, 5) is 42.3. The van der Waals surface area contributed by atoms with Gasteiger partial charge in [-0.3, -0.25) is 14.4 Å². The second-order valence-corrected chi connectivity index (χ2v) is 6.29. The third-order valence-corrected chi connectivity index (χ3v) is 4.75. The Kier molecular flexibility index (Phi) is 6.71. The van der Waals surface area contributed by atoms with Crippen molar-refractivity contribution >= 4 is 17.7 Å². The SMILES string of the molecule is CCC(C(=O)N(CC)CC)N1CCN(Cc2ccc(F)cc2)C(=O)C1=O. The number of halogens is 1. The summed E-state index contributed by atoms with van der Waals surface area (Å²) in [6.45, 7) is 7.68. The first-order valence-corrected chi connectivity index (χ1v) is 9.05. The van der Waals surface area contributed by atoms with Gasteiger partial charge in [-0.05, 0) is 38.0 Å². The first kappa shape index (κ1) is 19.9. The summed E-state index contributed by atoms with van der Waals surface area (Å²) in [5.74, 6) is -1.73. The Morgan fingerprint density at radius 2 is 1.69 bits per heavy atom. The quantitative estimate of drug-likeness (QED) is 0.692. The normalized spacial score (nSPS) is 16.0. The molecule has 6 nitrogen and oxygen atoms in total. The highest BCUT2D eigenvalue weighted by Crippen LogP contribution is 2.16. The number of likely N-dealkylation sites (N-methyl/N-ethyl adjacent to an activating group) is 1. The minimum Gasteiger partial charge on any atom is -0.341 e. The molecule has 0 aromatic heterocycles. The molecule has 1 aliphatic rings. The van der Waals surface area contributed by atoms with Gasteiger partial charge in [-0.15, -0.1) is 0 Å². The highest BCUT2D eigenvalue weighted by atomic mass is 19.1. The van der Waals surface area contributed by atoms with Crippen LogP contribution in [-0.2, 0) is 20.9 Å². The molecular formula is C19H26FN3O3. The number of hydrogen-bond acceptors (Lipinski definition) is 3. The Morgan fingerprint density at radius 3 is 2.23 bits per heavy atom. The molecule has 26 heavy (non-hydrogen) atoms. The Hall–Kier alpha value is -2.44. The molecule has 1 aromatic rings. The molecule has 0 bridgehead atoms. The van der Waals surface area contributed by atoms with Crippen molar-refractivity contribution in [2.24, 2.45) is 0 Å². The molecule has 0 N–H and O–H groups in total. The number of benzene rings is 1. The maximum atomic E-state index is 13.0. The fourth-order valence-corrected chi connectivity index (χ4v) is 3.22. The second-order valence-electron chi connectivity index (χ2n) is 6.29. The van der Waals surface area contributed by atoms with E-state index in [4.69, 9.17) is 0 Å². The molecule has 1 unspecified atom stereocenters. The molecule has 1 saturated heterocycles. The van der Waals surface area contributed by atoms with E-state index in [1.807, 2.05) is 20.8 Å². The van der Waals surface area contributed by atoms with Crippen LogP contribution in [0.4, 0.5) is 4.39 Å². The van der Waals surface area contributed by atoms with Crippen molar-refractivity contribution in [2.75, 3.05) is 26.2 Å². The molecule has 142 valence electrons. The summed E-state index contributed by atoms with van der Waals surface area (Å²) in [6.07, 6.45) is 0.465. The molecule has 0 radical (unpaired) electrons. The van der Waals surface area contributed by atoms with Crippen molar-refractivity contribution in [3.63, 3.8) is 0 Å². The van der Waals surface area contributed by atoms with E-state index >= 15 is 0 Å². The van der Waals surface area contributed by atoms with Crippen molar-refractivity contribution in [2.45, 2.75) is 39.8 Å². The minimum atomic E-state index is -0.647. The smallest absolute Gasteiger partial charge is 0.312 e. The van der Waals surface area contributed by atoms with E-state index in [0.717, 1.165) is 5.56 Å². The van der Waals surface area contributed by atoms with Crippen LogP contribution in [0.15, 0.2) is 24.3 Å². The lowest BCUT2D eigenvalue weighted by atomic mass is 10.1. The Labute approximate surface area is 153 Å². The molecule has 0 saturated carbocycles. The molecule has 0 spiro atoms.